The SMILES string of the molecule is CSCCC1(N)C(=O)ON2OC(=O)C(N)(CCSC)C21c1ccc(S(=O)(=O)n2ccc(-c3oc(=O)c(=O)oc3C(=O)NO)c2)cc1. The molecule has 0 radical (unpaired) electrons. The number of hydroxylamine groups is 3. The Balaban J connectivity index is 1.59. The lowest BCUT2D eigenvalue weighted by molar-refractivity contribution is -0.325. The lowest BCUT2D eigenvalue weighted by Crippen LogP contribution is -2.74. The molecule has 0 spiro atoms. The summed E-state index contributed by atoms with van der Waals surface area (Å²) in [5.74, 6) is -3.79. The van der Waals surface area contributed by atoms with Crippen molar-refractivity contribution in [2.75, 3.05) is 24.0 Å². The third kappa shape index (κ3) is 4.79. The minimum Gasteiger partial charge on any atom is -0.413 e. The summed E-state index contributed by atoms with van der Waals surface area (Å²) in [6.07, 6.45) is 5.74. The third-order valence-corrected chi connectivity index (χ3v) is 10.7. The molecule has 2 aliphatic heterocycles. The van der Waals surface area contributed by atoms with E-state index in [0.717, 1.165) is 27.7 Å². The van der Waals surface area contributed by atoms with Crippen molar-refractivity contribution in [3.8, 4) is 11.3 Å². The van der Waals surface area contributed by atoms with E-state index >= 15 is 0 Å². The number of carbonyl (C=O) groups is 3. The summed E-state index contributed by atoms with van der Waals surface area (Å²) < 4.78 is 37.5. The second kappa shape index (κ2) is 12.0. The van der Waals surface area contributed by atoms with Crippen LogP contribution in [0.15, 0.2) is 66.0 Å². The van der Waals surface area contributed by atoms with Crippen molar-refractivity contribution >= 4 is 51.4 Å². The molecule has 0 bridgehead atoms. The minimum absolute atomic E-state index is 0.0383. The summed E-state index contributed by atoms with van der Waals surface area (Å²) in [6.45, 7) is 0. The van der Waals surface area contributed by atoms with Gasteiger partial charge in [-0.15, -0.1) is 0 Å². The van der Waals surface area contributed by atoms with Crippen LogP contribution in [0.3, 0.4) is 0 Å². The van der Waals surface area contributed by atoms with Gasteiger partial charge in [0, 0.05) is 18.0 Å². The van der Waals surface area contributed by atoms with Crippen LogP contribution in [-0.2, 0) is 34.8 Å². The maximum atomic E-state index is 13.6. The molecule has 17 nitrogen and oxygen atoms in total. The smallest absolute Gasteiger partial charge is 0.413 e. The van der Waals surface area contributed by atoms with E-state index in [1.54, 1.807) is 0 Å². The summed E-state index contributed by atoms with van der Waals surface area (Å²) in [7, 11) is -4.38. The van der Waals surface area contributed by atoms with Gasteiger partial charge in [-0.1, -0.05) is 12.1 Å². The number of fused-ring (bicyclic) bond motifs is 1. The second-order valence-corrected chi connectivity index (χ2v) is 14.1. The second-order valence-electron chi connectivity index (χ2n) is 10.3. The standard InChI is InChI=1S/C26H27N5O12S3/c1-44-11-8-24(27)22(35)42-31-26(24,25(28,9-12-45-2)23(36)43-31)15-3-5-16(6-4-15)46(38,39)30-10-7-14(13-30)17-18(19(32)29-37)41-21(34)20(33)40-17/h3-7,10,13,37H,8-9,11-12,27-28H2,1-2H3,(H,29,32). The number of nitrogens with zero attached hydrogens (tertiary/aromatic N) is 2. The Morgan fingerprint density at radius 1 is 0.913 bits per heavy atom. The molecule has 2 saturated heterocycles. The molecular weight excluding hydrogens is 671 g/mol. The van der Waals surface area contributed by atoms with Gasteiger partial charge in [0.2, 0.25) is 5.76 Å². The van der Waals surface area contributed by atoms with E-state index in [4.69, 9.17) is 30.8 Å². The maximum Gasteiger partial charge on any atom is 0.423 e. The van der Waals surface area contributed by atoms with Crippen molar-refractivity contribution < 1.29 is 46.5 Å². The van der Waals surface area contributed by atoms with Gasteiger partial charge in [-0.05, 0) is 60.6 Å². The van der Waals surface area contributed by atoms with Gasteiger partial charge in [0.15, 0.2) is 11.3 Å². The largest absolute Gasteiger partial charge is 0.423 e. The lowest BCUT2D eigenvalue weighted by Gasteiger charge is -2.45. The highest BCUT2D eigenvalue weighted by atomic mass is 32.2. The molecule has 1 aromatic carbocycles. The van der Waals surface area contributed by atoms with Crippen molar-refractivity contribution in [2.45, 2.75) is 34.4 Å². The molecular formula is C26H27N5O12S3. The number of amides is 1. The number of hydrogen-bond donors (Lipinski definition) is 4. The van der Waals surface area contributed by atoms with Gasteiger partial charge in [0.25, 0.3) is 10.0 Å². The van der Waals surface area contributed by atoms with Crippen LogP contribution in [0.2, 0.25) is 0 Å². The van der Waals surface area contributed by atoms with E-state index in [0.29, 0.717) is 11.5 Å². The molecule has 3 aromatic rings. The topological polar surface area (TPSA) is 257 Å². The summed E-state index contributed by atoms with van der Waals surface area (Å²) in [5.41, 5.74) is 6.26. The zero-order valence-corrected chi connectivity index (χ0v) is 26.5. The zero-order valence-electron chi connectivity index (χ0n) is 24.1. The Hall–Kier alpha value is -3.92. The van der Waals surface area contributed by atoms with Crippen molar-refractivity contribution in [1.82, 2.24) is 14.7 Å². The Kier molecular flexibility index (Phi) is 8.74. The first kappa shape index (κ1) is 33.4. The zero-order chi connectivity index (χ0) is 33.7. The quantitative estimate of drug-likeness (QED) is 0.114. The predicted octanol–water partition coefficient (Wildman–Crippen LogP) is -0.240. The van der Waals surface area contributed by atoms with Crippen LogP contribution in [0.5, 0.6) is 0 Å². The van der Waals surface area contributed by atoms with Crippen LogP contribution in [-0.4, -0.2) is 75.8 Å². The monoisotopic (exact) mass is 697 g/mol. The minimum atomic E-state index is -4.38. The van der Waals surface area contributed by atoms with Gasteiger partial charge in [0.1, 0.15) is 11.1 Å². The van der Waals surface area contributed by atoms with E-state index in [1.165, 1.54) is 53.3 Å². The van der Waals surface area contributed by atoms with Gasteiger partial charge >= 0.3 is 29.1 Å². The molecule has 6 N–H and O–H groups in total. The van der Waals surface area contributed by atoms with Gasteiger partial charge < -0.3 is 30.0 Å². The molecule has 4 heterocycles. The summed E-state index contributed by atoms with van der Waals surface area (Å²) >= 11 is 2.81. The van der Waals surface area contributed by atoms with Crippen LogP contribution in [0, 0.1) is 0 Å². The van der Waals surface area contributed by atoms with Crippen LogP contribution in [0.25, 0.3) is 11.3 Å². The molecule has 246 valence electrons. The van der Waals surface area contributed by atoms with E-state index < -0.39 is 67.3 Å². The van der Waals surface area contributed by atoms with Crippen LogP contribution >= 0.6 is 23.5 Å². The molecule has 0 aliphatic carbocycles. The highest BCUT2D eigenvalue weighted by Crippen LogP contribution is 2.57. The van der Waals surface area contributed by atoms with E-state index in [9.17, 15) is 32.4 Å². The highest BCUT2D eigenvalue weighted by molar-refractivity contribution is 7.98. The summed E-state index contributed by atoms with van der Waals surface area (Å²) in [5, 5.41) is 9.71. The van der Waals surface area contributed by atoms with Crippen molar-refractivity contribution in [2.24, 2.45) is 11.5 Å². The predicted molar refractivity (Wildman–Crippen MR) is 161 cm³/mol. The maximum absolute atomic E-state index is 13.6. The highest BCUT2D eigenvalue weighted by Gasteiger charge is 2.81. The molecule has 5 rings (SSSR count). The molecule has 2 aromatic heterocycles. The first-order valence-corrected chi connectivity index (χ1v) is 17.4. The normalized spacial score (nSPS) is 24.5. The number of aromatic nitrogens is 1. The summed E-state index contributed by atoms with van der Waals surface area (Å²) in [4.78, 5) is 72.4. The molecule has 2 unspecified atom stereocenters. The Morgan fingerprint density at radius 3 is 1.98 bits per heavy atom. The number of nitrogens with two attached hydrogens (primary N) is 2. The van der Waals surface area contributed by atoms with Crippen molar-refractivity contribution in [1.29, 1.82) is 0 Å². The van der Waals surface area contributed by atoms with Gasteiger partial charge in [-0.25, -0.2) is 37.0 Å². The number of rotatable bonds is 11. The molecule has 2 aliphatic rings. The van der Waals surface area contributed by atoms with E-state index in [-0.39, 0.29) is 28.9 Å². The number of carbonyl (C=O) groups excluding carboxylic acids is 3. The van der Waals surface area contributed by atoms with Crippen LogP contribution in [0.1, 0.15) is 29.0 Å². The van der Waals surface area contributed by atoms with E-state index in [2.05, 4.69) is 4.42 Å². The Morgan fingerprint density at radius 2 is 1.46 bits per heavy atom. The van der Waals surface area contributed by atoms with Crippen molar-refractivity contribution in [3.63, 3.8) is 0 Å². The third-order valence-electron chi connectivity index (χ3n) is 7.87. The van der Waals surface area contributed by atoms with Gasteiger partial charge in [-0.2, -0.15) is 23.5 Å². The lowest BCUT2D eigenvalue weighted by atomic mass is 9.61. The number of nitrogens with one attached hydrogen (secondary N) is 1. The number of hydrogen-bond acceptors (Lipinski definition) is 17. The van der Waals surface area contributed by atoms with Crippen LogP contribution < -0.4 is 28.2 Å². The first-order valence-electron chi connectivity index (χ1n) is 13.2. The van der Waals surface area contributed by atoms with Crippen LogP contribution in [0.4, 0.5) is 0 Å². The molecule has 46 heavy (non-hydrogen) atoms. The fourth-order valence-corrected chi connectivity index (χ4v) is 7.85. The summed E-state index contributed by atoms with van der Waals surface area (Å²) in [6, 6.07) is 6.27. The molecule has 2 atom stereocenters. The average Bonchev–Trinajstić information content (AvgIpc) is 3.68. The van der Waals surface area contributed by atoms with Crippen molar-refractivity contribution in [3.05, 3.63) is 74.9 Å². The molecule has 20 heteroatoms. The fraction of sp³-hybridized carbons (Fsp3) is 0.346. The number of benzene rings is 1. The van der Waals surface area contributed by atoms with Gasteiger partial charge in [-0.3, -0.25) is 10.0 Å². The van der Waals surface area contributed by atoms with Gasteiger partial charge in [0.05, 0.1) is 10.1 Å². The molecule has 0 saturated carbocycles. The number of thioether (sulfide) groups is 2. The fourth-order valence-electron chi connectivity index (χ4n) is 5.60. The first-order chi connectivity index (χ1) is 21.7. The van der Waals surface area contributed by atoms with E-state index in [1.807, 2.05) is 12.5 Å². The molecule has 1 amide bonds. The average molecular weight is 698 g/mol. The molecule has 2 fully saturated rings. The Labute approximate surface area is 268 Å². The Bertz CT molecular complexity index is 1900.